The van der Waals surface area contributed by atoms with Gasteiger partial charge in [0.05, 0.1) is 11.4 Å². The second kappa shape index (κ2) is 13.0. The molecule has 0 aliphatic carbocycles. The van der Waals surface area contributed by atoms with E-state index in [1.54, 1.807) is 0 Å². The predicted molar refractivity (Wildman–Crippen MR) is 255 cm³/mol. The number of fused-ring (bicyclic) bond motifs is 6. The van der Waals surface area contributed by atoms with Gasteiger partial charge in [-0.1, -0.05) is 184 Å². The van der Waals surface area contributed by atoms with Crippen molar-refractivity contribution < 1.29 is 0 Å². The van der Waals surface area contributed by atoms with E-state index in [-0.39, 0.29) is 0 Å². The quantitative estimate of drug-likeness (QED) is 0.130. The van der Waals surface area contributed by atoms with Crippen LogP contribution < -0.4 is 30.5 Å². The van der Waals surface area contributed by atoms with E-state index < -0.39 is 16.1 Å². The topological polar surface area (TPSA) is 6.48 Å². The molecule has 4 heteroatoms. The highest BCUT2D eigenvalue weighted by Crippen LogP contribution is 2.54. The molecule has 58 heavy (non-hydrogen) atoms. The van der Waals surface area contributed by atoms with E-state index in [1.807, 2.05) is 0 Å². The first-order chi connectivity index (χ1) is 28.4. The Labute approximate surface area is 343 Å². The summed E-state index contributed by atoms with van der Waals surface area (Å²) in [5.41, 5.74) is 12.4. The largest absolute Gasteiger partial charge is 0.310 e. The summed E-state index contributed by atoms with van der Waals surface area (Å²) in [6.07, 6.45) is 0. The molecule has 11 rings (SSSR count). The van der Waals surface area contributed by atoms with E-state index in [0.29, 0.717) is 0 Å². The van der Waals surface area contributed by atoms with Crippen molar-refractivity contribution in [3.05, 3.63) is 194 Å². The van der Waals surface area contributed by atoms with E-state index >= 15 is 0 Å². The summed E-state index contributed by atoms with van der Waals surface area (Å²) < 4.78 is 0. The molecule has 2 heterocycles. The number of benzene rings is 9. The zero-order valence-corrected chi connectivity index (χ0v) is 35.4. The van der Waals surface area contributed by atoms with Gasteiger partial charge in [-0.15, -0.1) is 0 Å². The number of anilines is 6. The Bertz CT molecular complexity index is 2770. The molecule has 0 N–H and O–H groups in total. The molecule has 9 aromatic carbocycles. The first kappa shape index (κ1) is 34.8. The average molecular weight is 777 g/mol. The van der Waals surface area contributed by atoms with E-state index in [1.165, 1.54) is 98.7 Å². The molecule has 0 spiro atoms. The Kier molecular flexibility index (Phi) is 7.81. The van der Waals surface area contributed by atoms with Gasteiger partial charge < -0.3 is 9.80 Å². The van der Waals surface area contributed by atoms with Crippen molar-refractivity contribution in [1.82, 2.24) is 0 Å². The maximum atomic E-state index is 2.60. The van der Waals surface area contributed by atoms with Crippen LogP contribution in [0.5, 0.6) is 0 Å². The molecule has 0 fully saturated rings. The molecule has 2 nitrogen and oxygen atoms in total. The lowest BCUT2D eigenvalue weighted by molar-refractivity contribution is 1.28. The maximum Gasteiger partial charge on any atom is 0.117 e. The van der Waals surface area contributed by atoms with Gasteiger partial charge in [0.2, 0.25) is 0 Å². The summed E-state index contributed by atoms with van der Waals surface area (Å²) >= 11 is 0. The first-order valence-corrected chi connectivity index (χ1v) is 26.5. The van der Waals surface area contributed by atoms with Gasteiger partial charge in [-0.3, -0.25) is 0 Å². The van der Waals surface area contributed by atoms with Crippen molar-refractivity contribution in [2.45, 2.75) is 26.2 Å². The van der Waals surface area contributed by atoms with E-state index in [4.69, 9.17) is 0 Å². The van der Waals surface area contributed by atoms with Crippen LogP contribution in [-0.2, 0) is 0 Å². The first-order valence-electron chi connectivity index (χ1n) is 20.5. The Morgan fingerprint density at radius 1 is 0.276 bits per heavy atom. The molecule has 0 unspecified atom stereocenters. The third-order valence-electron chi connectivity index (χ3n) is 13.0. The number of hydrogen-bond donors (Lipinski definition) is 0. The summed E-state index contributed by atoms with van der Waals surface area (Å²) in [7, 11) is -4.07. The minimum absolute atomic E-state index is 1.19. The Morgan fingerprint density at radius 2 is 0.552 bits per heavy atom. The van der Waals surface area contributed by atoms with Crippen molar-refractivity contribution in [1.29, 1.82) is 0 Å². The zero-order chi connectivity index (χ0) is 39.2. The van der Waals surface area contributed by atoms with Gasteiger partial charge in [-0.2, -0.15) is 0 Å². The molecule has 278 valence electrons. The maximum absolute atomic E-state index is 2.60. The van der Waals surface area contributed by atoms with Gasteiger partial charge in [-0.05, 0) is 90.2 Å². The molecule has 9 aromatic rings. The van der Waals surface area contributed by atoms with Gasteiger partial charge in [0.1, 0.15) is 16.1 Å². The van der Waals surface area contributed by atoms with Crippen LogP contribution in [0.25, 0.3) is 43.8 Å². The van der Waals surface area contributed by atoms with Crippen LogP contribution in [0, 0.1) is 0 Å². The second-order valence-corrected chi connectivity index (χ2v) is 25.5. The minimum atomic E-state index is -2.04. The molecule has 0 aromatic heterocycles. The lowest BCUT2D eigenvalue weighted by atomic mass is 9.84. The fraction of sp³-hybridized carbons (Fsp3) is 0.0741. The minimum Gasteiger partial charge on any atom is -0.310 e. The van der Waals surface area contributed by atoms with Crippen molar-refractivity contribution in [3.63, 3.8) is 0 Å². The molecule has 2 aliphatic rings. The van der Waals surface area contributed by atoms with Crippen molar-refractivity contribution >= 4 is 92.6 Å². The summed E-state index contributed by atoms with van der Waals surface area (Å²) in [4.78, 5) is 5.19. The zero-order valence-electron chi connectivity index (χ0n) is 33.4. The van der Waals surface area contributed by atoms with Crippen LogP contribution in [0.1, 0.15) is 0 Å². The van der Waals surface area contributed by atoms with Gasteiger partial charge in [0, 0.05) is 33.5 Å². The summed E-state index contributed by atoms with van der Waals surface area (Å²) in [6.45, 7) is 10.0. The molecule has 0 radical (unpaired) electrons. The Morgan fingerprint density at radius 3 is 0.879 bits per heavy atom. The van der Waals surface area contributed by atoms with E-state index in [0.717, 1.165) is 0 Å². The Balaban J connectivity index is 1.38. The van der Waals surface area contributed by atoms with Crippen LogP contribution in [0.4, 0.5) is 34.1 Å². The number of para-hydroxylation sites is 4. The lowest BCUT2D eigenvalue weighted by Gasteiger charge is -2.43. The number of hydrogen-bond acceptors (Lipinski definition) is 2. The van der Waals surface area contributed by atoms with Crippen molar-refractivity contribution in [3.8, 4) is 22.3 Å². The highest BCUT2D eigenvalue weighted by Gasteiger charge is 2.41. The van der Waals surface area contributed by atoms with Crippen LogP contribution in [-0.4, -0.2) is 16.1 Å². The molecule has 0 amide bonds. The molecule has 0 bridgehead atoms. The third kappa shape index (κ3) is 4.95. The smallest absolute Gasteiger partial charge is 0.117 e. The third-order valence-corrected chi connectivity index (χ3v) is 20.1. The second-order valence-electron chi connectivity index (χ2n) is 16.9. The lowest BCUT2D eigenvalue weighted by Crippen LogP contribution is -2.58. The average Bonchev–Trinajstić information content (AvgIpc) is 3.27. The summed E-state index contributed by atoms with van der Waals surface area (Å²) in [5.74, 6) is 0. The monoisotopic (exact) mass is 776 g/mol. The standard InChI is InChI=1S/C54H44N2Si2/c1-57(2)47-31-17-13-27-41(47)55(42-28-14-18-32-48(42)57)45-35-36-46(56-43-29-15-19-33-49(43)58(3,4)50-34-20-16-30-44(50)56)54-52(38-23-9-6-10-24-38)40-26-12-11-25-39(40)51(53(45)54)37-21-7-5-8-22-37/h5-36H,1-4H3. The van der Waals surface area contributed by atoms with Crippen LogP contribution in [0.2, 0.25) is 26.2 Å². The highest BCUT2D eigenvalue weighted by molar-refractivity contribution is 7.03. The molecule has 2 aliphatic heterocycles. The van der Waals surface area contributed by atoms with Gasteiger partial charge >= 0.3 is 0 Å². The molecule has 0 saturated heterocycles. The Hall–Kier alpha value is -6.47. The molecular weight excluding hydrogens is 733 g/mol. The molecule has 0 atom stereocenters. The van der Waals surface area contributed by atoms with Gasteiger partial charge in [-0.25, -0.2) is 0 Å². The fourth-order valence-electron chi connectivity index (χ4n) is 10.3. The summed E-state index contributed by atoms with van der Waals surface area (Å²) in [6, 6.07) is 72.9. The van der Waals surface area contributed by atoms with Crippen LogP contribution in [0.3, 0.4) is 0 Å². The van der Waals surface area contributed by atoms with Crippen molar-refractivity contribution in [2.75, 3.05) is 9.80 Å². The van der Waals surface area contributed by atoms with Gasteiger partial charge in [0.15, 0.2) is 0 Å². The predicted octanol–water partition coefficient (Wildman–Crippen LogP) is 12.5. The normalized spacial score (nSPS) is 14.8. The number of nitrogens with zero attached hydrogens (tertiary/aromatic N) is 2. The fourth-order valence-corrected chi connectivity index (χ4v) is 16.3. The van der Waals surface area contributed by atoms with Crippen molar-refractivity contribution in [2.24, 2.45) is 0 Å². The molecular formula is C54H44N2Si2. The highest BCUT2D eigenvalue weighted by atomic mass is 28.3. The SMILES string of the molecule is C[Si]1(C)c2ccccc2N(c2ccc(N3c4ccccc4[Si](C)(C)c4ccccc43)c3c(-c4ccccc4)c4ccccc4c(-c4ccccc4)c23)c2ccccc21. The van der Waals surface area contributed by atoms with E-state index in [9.17, 15) is 0 Å². The van der Waals surface area contributed by atoms with E-state index in [2.05, 4.69) is 230 Å². The van der Waals surface area contributed by atoms with Crippen LogP contribution >= 0.6 is 0 Å². The van der Waals surface area contributed by atoms with Crippen LogP contribution in [0.15, 0.2) is 194 Å². The number of rotatable bonds is 4. The van der Waals surface area contributed by atoms with Gasteiger partial charge in [0.25, 0.3) is 0 Å². The summed E-state index contributed by atoms with van der Waals surface area (Å²) in [5, 5.41) is 10.8. The molecule has 0 saturated carbocycles.